The highest BCUT2D eigenvalue weighted by atomic mass is 35.5. The van der Waals surface area contributed by atoms with Crippen LogP contribution in [0.3, 0.4) is 0 Å². The van der Waals surface area contributed by atoms with Gasteiger partial charge < -0.3 is 11.1 Å². The molecule has 4 heterocycles. The van der Waals surface area contributed by atoms with Gasteiger partial charge in [-0.05, 0) is 36.3 Å². The Labute approximate surface area is 210 Å². The number of fused-ring (bicyclic) bond motifs is 1. The second kappa shape index (κ2) is 10.2. The normalized spacial score (nSPS) is 10.6. The van der Waals surface area contributed by atoms with E-state index in [0.29, 0.717) is 57.6 Å². The summed E-state index contributed by atoms with van der Waals surface area (Å²) in [6.07, 6.45) is 8.18. The van der Waals surface area contributed by atoms with Crippen LogP contribution in [0.4, 0.5) is 11.6 Å². The van der Waals surface area contributed by atoms with Gasteiger partial charge in [0.15, 0.2) is 0 Å². The predicted molar refractivity (Wildman–Crippen MR) is 137 cm³/mol. The smallest absolute Gasteiger partial charge is 0.267 e. The Morgan fingerprint density at radius 3 is 2.67 bits per heavy atom. The Morgan fingerprint density at radius 1 is 1.00 bits per heavy atom. The van der Waals surface area contributed by atoms with Crippen LogP contribution in [-0.4, -0.2) is 41.0 Å². The van der Waals surface area contributed by atoms with Crippen molar-refractivity contribution in [3.05, 3.63) is 100 Å². The van der Waals surface area contributed by atoms with Crippen LogP contribution < -0.4 is 16.6 Å². The van der Waals surface area contributed by atoms with Crippen LogP contribution in [0.15, 0.2) is 72.3 Å². The SMILES string of the molecule is Nc1ncnc(NCCc2nc3cccc(Cl)c3c(=O)n2-c2cccnc2)c1C#Cc1ncccn1. The number of halogens is 1. The number of anilines is 2. The van der Waals surface area contributed by atoms with E-state index >= 15 is 0 Å². The lowest BCUT2D eigenvalue weighted by atomic mass is 10.2. The van der Waals surface area contributed by atoms with Crippen molar-refractivity contribution >= 4 is 34.1 Å². The number of rotatable bonds is 5. The van der Waals surface area contributed by atoms with Gasteiger partial charge in [0, 0.05) is 31.6 Å². The Bertz CT molecular complexity index is 1660. The largest absolute Gasteiger partial charge is 0.382 e. The molecule has 0 aliphatic heterocycles. The minimum atomic E-state index is -0.269. The molecule has 176 valence electrons. The van der Waals surface area contributed by atoms with Crippen LogP contribution in [-0.2, 0) is 6.42 Å². The zero-order valence-corrected chi connectivity index (χ0v) is 19.5. The van der Waals surface area contributed by atoms with Crippen LogP contribution in [0.2, 0.25) is 5.02 Å². The zero-order valence-electron chi connectivity index (χ0n) is 18.8. The summed E-state index contributed by atoms with van der Waals surface area (Å²) in [5, 5.41) is 3.92. The van der Waals surface area contributed by atoms with Crippen molar-refractivity contribution in [2.24, 2.45) is 0 Å². The van der Waals surface area contributed by atoms with E-state index < -0.39 is 0 Å². The zero-order chi connectivity index (χ0) is 24.9. The topological polar surface area (TPSA) is 137 Å². The molecule has 36 heavy (non-hydrogen) atoms. The van der Waals surface area contributed by atoms with E-state index in [9.17, 15) is 4.79 Å². The molecule has 5 aromatic rings. The molecule has 0 amide bonds. The van der Waals surface area contributed by atoms with Gasteiger partial charge >= 0.3 is 0 Å². The van der Waals surface area contributed by atoms with Gasteiger partial charge in [-0.25, -0.2) is 24.9 Å². The molecule has 0 fully saturated rings. The number of nitrogens with one attached hydrogen (secondary N) is 1. The lowest BCUT2D eigenvalue weighted by molar-refractivity contribution is 0.806. The minimum Gasteiger partial charge on any atom is -0.382 e. The summed E-state index contributed by atoms with van der Waals surface area (Å²) >= 11 is 6.34. The molecule has 0 aliphatic rings. The molecule has 1 aromatic carbocycles. The molecular weight excluding hydrogens is 478 g/mol. The molecule has 0 spiro atoms. The monoisotopic (exact) mass is 495 g/mol. The van der Waals surface area contributed by atoms with E-state index in [0.717, 1.165) is 0 Å². The van der Waals surface area contributed by atoms with E-state index in [1.54, 1.807) is 61.2 Å². The molecule has 0 saturated heterocycles. The molecular formula is C25H18ClN9O. The maximum atomic E-state index is 13.4. The molecule has 11 heteroatoms. The lowest BCUT2D eigenvalue weighted by Gasteiger charge is -2.15. The number of pyridine rings is 1. The molecule has 0 bridgehead atoms. The highest BCUT2D eigenvalue weighted by molar-refractivity contribution is 6.35. The van der Waals surface area contributed by atoms with Gasteiger partial charge in [0.2, 0.25) is 5.82 Å². The maximum Gasteiger partial charge on any atom is 0.267 e. The standard InChI is InChI=1S/C25H18ClN9O/c26-18-5-1-6-19-22(18)25(36)35(16-4-2-10-28-14-16)21(34-19)9-13-31-24-17(23(27)32-15-33-24)7-8-20-29-11-3-12-30-20/h1-6,10-12,14-15H,9,13H2,(H3,27,31,32,33). The van der Waals surface area contributed by atoms with Crippen molar-refractivity contribution < 1.29 is 0 Å². The minimum absolute atomic E-state index is 0.224. The van der Waals surface area contributed by atoms with Gasteiger partial charge in [0.25, 0.3) is 5.56 Å². The van der Waals surface area contributed by atoms with E-state index in [1.165, 1.54) is 10.9 Å². The summed E-state index contributed by atoms with van der Waals surface area (Å²) in [5.41, 5.74) is 7.32. The van der Waals surface area contributed by atoms with E-state index in [1.807, 2.05) is 0 Å². The first kappa shape index (κ1) is 22.9. The van der Waals surface area contributed by atoms with Gasteiger partial charge in [-0.15, -0.1) is 0 Å². The van der Waals surface area contributed by atoms with Crippen LogP contribution in [0.5, 0.6) is 0 Å². The molecule has 10 nitrogen and oxygen atoms in total. The fraction of sp³-hybridized carbons (Fsp3) is 0.0800. The molecule has 3 N–H and O–H groups in total. The van der Waals surface area contributed by atoms with Gasteiger partial charge in [0.1, 0.15) is 29.4 Å². The summed E-state index contributed by atoms with van der Waals surface area (Å²) in [7, 11) is 0. The molecule has 4 aromatic heterocycles. The van der Waals surface area contributed by atoms with Crippen LogP contribution in [0, 0.1) is 11.8 Å². The van der Waals surface area contributed by atoms with E-state index in [4.69, 9.17) is 22.3 Å². The molecule has 0 radical (unpaired) electrons. The first-order valence-electron chi connectivity index (χ1n) is 10.9. The molecule has 0 atom stereocenters. The highest BCUT2D eigenvalue weighted by Gasteiger charge is 2.15. The van der Waals surface area contributed by atoms with Crippen molar-refractivity contribution in [2.45, 2.75) is 6.42 Å². The van der Waals surface area contributed by atoms with Gasteiger partial charge in [-0.2, -0.15) is 0 Å². The van der Waals surface area contributed by atoms with Crippen molar-refractivity contribution in [2.75, 3.05) is 17.6 Å². The summed E-state index contributed by atoms with van der Waals surface area (Å²) < 4.78 is 1.52. The van der Waals surface area contributed by atoms with Gasteiger partial charge in [-0.3, -0.25) is 14.3 Å². The van der Waals surface area contributed by atoms with Crippen LogP contribution >= 0.6 is 11.6 Å². The highest BCUT2D eigenvalue weighted by Crippen LogP contribution is 2.21. The molecule has 5 rings (SSSR count). The maximum absolute atomic E-state index is 13.4. The van der Waals surface area contributed by atoms with Crippen molar-refractivity contribution in [1.29, 1.82) is 0 Å². The second-order valence-corrected chi connectivity index (χ2v) is 7.90. The summed E-state index contributed by atoms with van der Waals surface area (Å²) in [6, 6.07) is 10.4. The third kappa shape index (κ3) is 4.68. The number of aromatic nitrogens is 7. The van der Waals surface area contributed by atoms with Gasteiger partial charge in [-0.1, -0.05) is 23.6 Å². The number of nitrogens with zero attached hydrogens (tertiary/aromatic N) is 7. The second-order valence-electron chi connectivity index (χ2n) is 7.50. The van der Waals surface area contributed by atoms with Crippen molar-refractivity contribution in [3.8, 4) is 17.5 Å². The lowest BCUT2D eigenvalue weighted by Crippen LogP contribution is -2.26. The number of hydrogen-bond acceptors (Lipinski definition) is 9. The summed E-state index contributed by atoms with van der Waals surface area (Å²) in [6.45, 7) is 0.381. The summed E-state index contributed by atoms with van der Waals surface area (Å²) in [5.74, 6) is 7.36. The number of nitrogens with two attached hydrogens (primary N) is 1. The van der Waals surface area contributed by atoms with Crippen molar-refractivity contribution in [1.82, 2.24) is 34.5 Å². The van der Waals surface area contributed by atoms with E-state index in [-0.39, 0.29) is 11.4 Å². The molecule has 0 unspecified atom stereocenters. The quantitative estimate of drug-likeness (QED) is 0.352. The Morgan fingerprint density at radius 2 is 1.86 bits per heavy atom. The first-order valence-corrected chi connectivity index (χ1v) is 11.2. The predicted octanol–water partition coefficient (Wildman–Crippen LogP) is 2.65. The first-order chi connectivity index (χ1) is 17.6. The number of nitrogen functional groups attached to an aromatic ring is 1. The molecule has 0 aliphatic carbocycles. The van der Waals surface area contributed by atoms with E-state index in [2.05, 4.69) is 42.1 Å². The molecule has 0 saturated carbocycles. The Kier molecular flexibility index (Phi) is 6.46. The Balaban J connectivity index is 1.47. The average Bonchev–Trinajstić information content (AvgIpc) is 2.89. The van der Waals surface area contributed by atoms with Crippen LogP contribution in [0.1, 0.15) is 17.2 Å². The average molecular weight is 496 g/mol. The van der Waals surface area contributed by atoms with Crippen LogP contribution in [0.25, 0.3) is 16.6 Å². The third-order valence-corrected chi connectivity index (χ3v) is 5.52. The number of hydrogen-bond donors (Lipinski definition) is 2. The number of benzene rings is 1. The fourth-order valence-corrected chi connectivity index (χ4v) is 3.84. The summed E-state index contributed by atoms with van der Waals surface area (Å²) in [4.78, 5) is 38.8. The van der Waals surface area contributed by atoms with Gasteiger partial charge in [0.05, 0.1) is 27.8 Å². The van der Waals surface area contributed by atoms with Crippen molar-refractivity contribution in [3.63, 3.8) is 0 Å². The Hall–Kier alpha value is -4.88. The fourth-order valence-electron chi connectivity index (χ4n) is 3.59. The third-order valence-electron chi connectivity index (χ3n) is 5.20.